The highest BCUT2D eigenvalue weighted by molar-refractivity contribution is 6.11. The Labute approximate surface area is 143 Å². The SMILES string of the molecule is Cc1cc(NC(=O)c2cccc3cccnc23)ccc1-n1cnnn1. The number of carbonyl (C=O) groups excluding carboxylic acids is 1. The van der Waals surface area contributed by atoms with Gasteiger partial charge in [-0.2, -0.15) is 0 Å². The predicted octanol–water partition coefficient (Wildman–Crippen LogP) is 2.77. The van der Waals surface area contributed by atoms with Crippen LogP contribution < -0.4 is 5.32 Å². The number of nitrogens with one attached hydrogen (secondary N) is 1. The van der Waals surface area contributed by atoms with Gasteiger partial charge in [-0.3, -0.25) is 9.78 Å². The number of benzene rings is 2. The number of aryl methyl sites for hydroxylation is 1. The molecule has 0 aliphatic carbocycles. The lowest BCUT2D eigenvalue weighted by molar-refractivity contribution is 0.102. The van der Waals surface area contributed by atoms with Crippen LogP contribution >= 0.6 is 0 Å². The van der Waals surface area contributed by atoms with E-state index < -0.39 is 0 Å². The maximum absolute atomic E-state index is 12.7. The summed E-state index contributed by atoms with van der Waals surface area (Å²) in [7, 11) is 0. The van der Waals surface area contributed by atoms with Crippen molar-refractivity contribution in [3.05, 3.63) is 72.2 Å². The quantitative estimate of drug-likeness (QED) is 0.624. The zero-order valence-electron chi connectivity index (χ0n) is 13.4. The molecular weight excluding hydrogens is 316 g/mol. The van der Waals surface area contributed by atoms with Crippen LogP contribution in [0.25, 0.3) is 16.6 Å². The van der Waals surface area contributed by atoms with Gasteiger partial charge in [-0.25, -0.2) is 4.68 Å². The highest BCUT2D eigenvalue weighted by Gasteiger charge is 2.12. The normalized spacial score (nSPS) is 10.8. The molecule has 1 N–H and O–H groups in total. The fraction of sp³-hybridized carbons (Fsp3) is 0.0556. The van der Waals surface area contributed by atoms with Crippen LogP contribution in [0.5, 0.6) is 0 Å². The molecule has 4 rings (SSSR count). The van der Waals surface area contributed by atoms with Crippen molar-refractivity contribution in [2.24, 2.45) is 0 Å². The molecule has 7 heteroatoms. The highest BCUT2D eigenvalue weighted by Crippen LogP contribution is 2.20. The predicted molar refractivity (Wildman–Crippen MR) is 93.6 cm³/mol. The minimum atomic E-state index is -0.195. The number of amides is 1. The molecule has 2 aromatic carbocycles. The Balaban J connectivity index is 1.64. The fourth-order valence-corrected chi connectivity index (χ4v) is 2.75. The van der Waals surface area contributed by atoms with Gasteiger partial charge in [-0.05, 0) is 53.2 Å². The molecule has 25 heavy (non-hydrogen) atoms. The second-order valence-electron chi connectivity index (χ2n) is 5.59. The Morgan fingerprint density at radius 2 is 2.00 bits per heavy atom. The summed E-state index contributed by atoms with van der Waals surface area (Å²) in [5.41, 5.74) is 3.73. The first kappa shape index (κ1) is 14.9. The molecule has 0 saturated heterocycles. The van der Waals surface area contributed by atoms with Gasteiger partial charge < -0.3 is 5.32 Å². The van der Waals surface area contributed by atoms with Crippen molar-refractivity contribution in [2.75, 3.05) is 5.32 Å². The number of aromatic nitrogens is 5. The second kappa shape index (κ2) is 6.12. The number of rotatable bonds is 3. The molecule has 2 aromatic heterocycles. The van der Waals surface area contributed by atoms with E-state index in [-0.39, 0.29) is 5.91 Å². The smallest absolute Gasteiger partial charge is 0.257 e. The van der Waals surface area contributed by atoms with E-state index in [4.69, 9.17) is 0 Å². The van der Waals surface area contributed by atoms with E-state index in [0.29, 0.717) is 16.8 Å². The molecule has 7 nitrogen and oxygen atoms in total. The van der Waals surface area contributed by atoms with Crippen LogP contribution in [0, 0.1) is 6.92 Å². The average molecular weight is 330 g/mol. The van der Waals surface area contributed by atoms with Gasteiger partial charge >= 0.3 is 0 Å². The van der Waals surface area contributed by atoms with Crippen LogP contribution in [0.2, 0.25) is 0 Å². The summed E-state index contributed by atoms with van der Waals surface area (Å²) in [4.78, 5) is 17.0. The van der Waals surface area contributed by atoms with Crippen molar-refractivity contribution in [1.82, 2.24) is 25.2 Å². The van der Waals surface area contributed by atoms with E-state index in [0.717, 1.165) is 16.6 Å². The van der Waals surface area contributed by atoms with Crippen LogP contribution in [0.4, 0.5) is 5.69 Å². The molecule has 1 amide bonds. The number of pyridine rings is 1. The van der Waals surface area contributed by atoms with Crippen molar-refractivity contribution in [3.63, 3.8) is 0 Å². The van der Waals surface area contributed by atoms with Gasteiger partial charge in [0, 0.05) is 17.3 Å². The summed E-state index contributed by atoms with van der Waals surface area (Å²) < 4.78 is 1.58. The Morgan fingerprint density at radius 3 is 2.80 bits per heavy atom. The number of carbonyl (C=O) groups is 1. The maximum atomic E-state index is 12.7. The number of fused-ring (bicyclic) bond motifs is 1. The third-order valence-corrected chi connectivity index (χ3v) is 3.93. The summed E-state index contributed by atoms with van der Waals surface area (Å²) in [6.07, 6.45) is 3.21. The monoisotopic (exact) mass is 330 g/mol. The van der Waals surface area contributed by atoms with Gasteiger partial charge in [-0.15, -0.1) is 5.10 Å². The molecule has 122 valence electrons. The summed E-state index contributed by atoms with van der Waals surface area (Å²) in [5.74, 6) is -0.195. The van der Waals surface area contributed by atoms with E-state index in [2.05, 4.69) is 25.8 Å². The zero-order chi connectivity index (χ0) is 17.2. The minimum Gasteiger partial charge on any atom is -0.322 e. The van der Waals surface area contributed by atoms with Crippen molar-refractivity contribution in [2.45, 2.75) is 6.92 Å². The molecule has 0 spiro atoms. The van der Waals surface area contributed by atoms with Crippen molar-refractivity contribution >= 4 is 22.5 Å². The number of tetrazole rings is 1. The molecule has 0 unspecified atom stereocenters. The minimum absolute atomic E-state index is 0.195. The van der Waals surface area contributed by atoms with Crippen LogP contribution in [0.15, 0.2) is 61.1 Å². The van der Waals surface area contributed by atoms with E-state index in [1.807, 2.05) is 49.4 Å². The van der Waals surface area contributed by atoms with E-state index in [9.17, 15) is 4.79 Å². The largest absolute Gasteiger partial charge is 0.322 e. The second-order valence-corrected chi connectivity index (χ2v) is 5.59. The Morgan fingerprint density at radius 1 is 1.12 bits per heavy atom. The molecule has 2 heterocycles. The van der Waals surface area contributed by atoms with Crippen LogP contribution in [0.1, 0.15) is 15.9 Å². The highest BCUT2D eigenvalue weighted by atomic mass is 16.1. The lowest BCUT2D eigenvalue weighted by Gasteiger charge is -2.10. The molecule has 0 bridgehead atoms. The first-order chi connectivity index (χ1) is 12.2. The average Bonchev–Trinajstić information content (AvgIpc) is 3.15. The summed E-state index contributed by atoms with van der Waals surface area (Å²) in [6.45, 7) is 1.94. The van der Waals surface area contributed by atoms with Crippen LogP contribution in [0.3, 0.4) is 0 Å². The Hall–Kier alpha value is -3.61. The van der Waals surface area contributed by atoms with Crippen molar-refractivity contribution in [3.8, 4) is 5.69 Å². The number of para-hydroxylation sites is 1. The van der Waals surface area contributed by atoms with Gasteiger partial charge in [0.15, 0.2) is 0 Å². The molecule has 0 aliphatic heterocycles. The summed E-state index contributed by atoms with van der Waals surface area (Å²) >= 11 is 0. The van der Waals surface area contributed by atoms with Gasteiger partial charge in [0.25, 0.3) is 5.91 Å². The fourth-order valence-electron chi connectivity index (χ4n) is 2.75. The molecule has 0 aliphatic rings. The standard InChI is InChI=1S/C18H14N6O/c1-12-10-14(7-8-16(12)24-11-20-22-23-24)21-18(25)15-6-2-4-13-5-3-9-19-17(13)15/h2-11H,1H3,(H,21,25). The van der Waals surface area contributed by atoms with Crippen molar-refractivity contribution < 1.29 is 4.79 Å². The topological polar surface area (TPSA) is 85.6 Å². The van der Waals surface area contributed by atoms with Crippen LogP contribution in [-0.4, -0.2) is 31.1 Å². The number of hydrogen-bond acceptors (Lipinski definition) is 5. The van der Waals surface area contributed by atoms with Gasteiger partial charge in [0.1, 0.15) is 6.33 Å². The Bertz CT molecular complexity index is 1050. The lowest BCUT2D eigenvalue weighted by Crippen LogP contribution is -2.13. The number of nitrogens with zero attached hydrogens (tertiary/aromatic N) is 5. The van der Waals surface area contributed by atoms with E-state index >= 15 is 0 Å². The third-order valence-electron chi connectivity index (χ3n) is 3.93. The van der Waals surface area contributed by atoms with Gasteiger partial charge in [0.05, 0.1) is 16.8 Å². The Kier molecular flexibility index (Phi) is 3.66. The van der Waals surface area contributed by atoms with E-state index in [1.165, 1.54) is 6.33 Å². The van der Waals surface area contributed by atoms with Crippen molar-refractivity contribution in [1.29, 1.82) is 0 Å². The third kappa shape index (κ3) is 2.83. The molecule has 0 saturated carbocycles. The molecule has 0 fully saturated rings. The maximum Gasteiger partial charge on any atom is 0.257 e. The molecule has 4 aromatic rings. The first-order valence-corrected chi connectivity index (χ1v) is 7.71. The van der Waals surface area contributed by atoms with Gasteiger partial charge in [-0.1, -0.05) is 18.2 Å². The first-order valence-electron chi connectivity index (χ1n) is 7.71. The summed E-state index contributed by atoms with van der Waals surface area (Å²) in [5, 5.41) is 15.0. The van der Waals surface area contributed by atoms with E-state index in [1.54, 1.807) is 16.9 Å². The van der Waals surface area contributed by atoms with Crippen LogP contribution in [-0.2, 0) is 0 Å². The number of anilines is 1. The summed E-state index contributed by atoms with van der Waals surface area (Å²) in [6, 6.07) is 14.9. The molecule has 0 radical (unpaired) electrons. The van der Waals surface area contributed by atoms with Gasteiger partial charge in [0.2, 0.25) is 0 Å². The zero-order valence-corrected chi connectivity index (χ0v) is 13.4. The molecular formula is C18H14N6O. The number of hydrogen-bond donors (Lipinski definition) is 1. The molecule has 0 atom stereocenters. The lowest BCUT2D eigenvalue weighted by atomic mass is 10.1.